The molecule has 0 saturated carbocycles. The quantitative estimate of drug-likeness (QED) is 0.491. The zero-order valence-corrected chi connectivity index (χ0v) is 22.7. The average molecular weight is 476 g/mol. The molecular formula is C27H45N3O4. The maximum Gasteiger partial charge on any atom is 0.408 e. The minimum Gasteiger partial charge on any atom is -0.444 e. The molecule has 1 aromatic carbocycles. The van der Waals surface area contributed by atoms with E-state index in [4.69, 9.17) is 4.74 Å². The predicted molar refractivity (Wildman–Crippen MR) is 136 cm³/mol. The van der Waals surface area contributed by atoms with Gasteiger partial charge < -0.3 is 20.3 Å². The number of carbonyl (C=O) groups excluding carboxylic acids is 3. The van der Waals surface area contributed by atoms with E-state index in [-0.39, 0.29) is 23.9 Å². The first kappa shape index (κ1) is 29.5. The summed E-state index contributed by atoms with van der Waals surface area (Å²) in [5.74, 6) is -0.112. The van der Waals surface area contributed by atoms with Crippen LogP contribution in [0.2, 0.25) is 0 Å². The van der Waals surface area contributed by atoms with Gasteiger partial charge in [-0.1, -0.05) is 43.7 Å². The molecule has 3 atom stereocenters. The van der Waals surface area contributed by atoms with E-state index in [1.165, 1.54) is 0 Å². The van der Waals surface area contributed by atoms with E-state index in [2.05, 4.69) is 24.5 Å². The number of nitrogens with zero attached hydrogens (tertiary/aromatic N) is 1. The molecule has 2 N–H and O–H groups in total. The number of amides is 3. The van der Waals surface area contributed by atoms with E-state index in [9.17, 15) is 14.4 Å². The monoisotopic (exact) mass is 475 g/mol. The van der Waals surface area contributed by atoms with Crippen molar-refractivity contribution >= 4 is 17.9 Å². The van der Waals surface area contributed by atoms with Crippen LogP contribution in [0.3, 0.4) is 0 Å². The molecule has 1 aromatic rings. The van der Waals surface area contributed by atoms with Gasteiger partial charge in [0.1, 0.15) is 17.7 Å². The first-order valence-electron chi connectivity index (χ1n) is 12.3. The van der Waals surface area contributed by atoms with Crippen molar-refractivity contribution in [2.24, 2.45) is 5.92 Å². The van der Waals surface area contributed by atoms with Gasteiger partial charge in [0.25, 0.3) is 0 Å². The van der Waals surface area contributed by atoms with Crippen molar-refractivity contribution in [1.29, 1.82) is 0 Å². The van der Waals surface area contributed by atoms with Gasteiger partial charge in [-0.15, -0.1) is 0 Å². The van der Waals surface area contributed by atoms with Gasteiger partial charge >= 0.3 is 6.09 Å². The minimum atomic E-state index is -0.865. The van der Waals surface area contributed by atoms with Gasteiger partial charge in [0, 0.05) is 12.1 Å². The Hall–Kier alpha value is -2.57. The molecule has 0 aliphatic rings. The van der Waals surface area contributed by atoms with E-state index >= 15 is 0 Å². The topological polar surface area (TPSA) is 87.7 Å². The second-order valence-corrected chi connectivity index (χ2v) is 10.9. The molecule has 7 nitrogen and oxygen atoms in total. The van der Waals surface area contributed by atoms with Crippen molar-refractivity contribution in [3.8, 4) is 0 Å². The molecule has 0 spiro atoms. The minimum absolute atomic E-state index is 0.0827. The van der Waals surface area contributed by atoms with Crippen LogP contribution in [-0.4, -0.2) is 46.5 Å². The number of benzene rings is 1. The Morgan fingerprint density at radius 3 is 1.94 bits per heavy atom. The summed E-state index contributed by atoms with van der Waals surface area (Å²) >= 11 is 0. The van der Waals surface area contributed by atoms with Gasteiger partial charge in [-0.25, -0.2) is 4.79 Å². The number of carbonyl (C=O) groups is 3. The number of rotatable bonds is 10. The fraction of sp³-hybridized carbons (Fsp3) is 0.667. The SMILES string of the molecule is Cc1ccc(C(C(=O)NC(C)C)N(C(=O)C(C)NC(=O)OC(C)(C)C)C(C)CCC(C)C)cc1. The van der Waals surface area contributed by atoms with Gasteiger partial charge in [-0.3, -0.25) is 9.59 Å². The largest absolute Gasteiger partial charge is 0.444 e. The Morgan fingerprint density at radius 1 is 0.912 bits per heavy atom. The van der Waals surface area contributed by atoms with Gasteiger partial charge in [0.05, 0.1) is 0 Å². The molecule has 0 radical (unpaired) electrons. The zero-order chi connectivity index (χ0) is 26.2. The Balaban J connectivity index is 3.40. The van der Waals surface area contributed by atoms with Crippen molar-refractivity contribution in [2.75, 3.05) is 0 Å². The number of nitrogens with one attached hydrogen (secondary N) is 2. The summed E-state index contributed by atoms with van der Waals surface area (Å²) in [6.07, 6.45) is 0.979. The molecule has 0 aliphatic heterocycles. The van der Waals surface area contributed by atoms with E-state index in [0.717, 1.165) is 24.0 Å². The normalized spacial score (nSPS) is 14.4. The lowest BCUT2D eigenvalue weighted by molar-refractivity contribution is -0.145. The molecular weight excluding hydrogens is 430 g/mol. The Kier molecular flexibility index (Phi) is 11.1. The highest BCUT2D eigenvalue weighted by Gasteiger charge is 2.37. The Labute approximate surface area is 206 Å². The second-order valence-electron chi connectivity index (χ2n) is 10.9. The molecule has 192 valence electrons. The maximum absolute atomic E-state index is 13.8. The molecule has 0 fully saturated rings. The summed E-state index contributed by atoms with van der Waals surface area (Å²) in [4.78, 5) is 41.2. The first-order chi connectivity index (χ1) is 15.6. The van der Waals surface area contributed by atoms with Crippen LogP contribution in [0.1, 0.15) is 92.3 Å². The fourth-order valence-corrected chi connectivity index (χ4v) is 3.63. The third-order valence-electron chi connectivity index (χ3n) is 5.35. The fourth-order valence-electron chi connectivity index (χ4n) is 3.63. The number of hydrogen-bond acceptors (Lipinski definition) is 4. The standard InChI is InChI=1S/C27H45N3O4/c1-17(2)11-14-20(6)30(25(32)21(7)29-26(33)34-27(8,9)10)23(24(31)28-18(3)4)22-15-12-19(5)13-16-22/h12-13,15-18,20-21,23H,11,14H2,1-10H3,(H,28,31)(H,29,33). The summed E-state index contributed by atoms with van der Waals surface area (Å²) < 4.78 is 5.34. The lowest BCUT2D eigenvalue weighted by Gasteiger charge is -2.38. The van der Waals surface area contributed by atoms with E-state index < -0.39 is 23.8 Å². The predicted octanol–water partition coefficient (Wildman–Crippen LogP) is 5.13. The van der Waals surface area contributed by atoms with Gasteiger partial charge in [-0.2, -0.15) is 0 Å². The summed E-state index contributed by atoms with van der Waals surface area (Å²) in [6, 6.07) is 5.67. The highest BCUT2D eigenvalue weighted by molar-refractivity contribution is 5.92. The molecule has 3 unspecified atom stereocenters. The molecule has 0 aliphatic carbocycles. The van der Waals surface area contributed by atoms with Crippen LogP contribution in [0.15, 0.2) is 24.3 Å². The van der Waals surface area contributed by atoms with Crippen LogP contribution in [-0.2, 0) is 14.3 Å². The van der Waals surface area contributed by atoms with Crippen LogP contribution in [0.4, 0.5) is 4.79 Å². The van der Waals surface area contributed by atoms with Crippen molar-refractivity contribution < 1.29 is 19.1 Å². The summed E-state index contributed by atoms with van der Waals surface area (Å²) in [5, 5.41) is 5.62. The zero-order valence-electron chi connectivity index (χ0n) is 22.7. The molecule has 0 heterocycles. The van der Waals surface area contributed by atoms with E-state index in [1.807, 2.05) is 52.0 Å². The van der Waals surface area contributed by atoms with Crippen LogP contribution in [0.25, 0.3) is 0 Å². The second kappa shape index (κ2) is 12.8. The van der Waals surface area contributed by atoms with Crippen molar-refractivity contribution in [3.05, 3.63) is 35.4 Å². The van der Waals surface area contributed by atoms with Crippen molar-refractivity contribution in [3.63, 3.8) is 0 Å². The molecule has 1 rings (SSSR count). The third-order valence-corrected chi connectivity index (χ3v) is 5.35. The molecule has 0 aromatic heterocycles. The van der Waals surface area contributed by atoms with Gasteiger partial charge in [-0.05, 0) is 79.7 Å². The number of ether oxygens (including phenoxy) is 1. The number of alkyl carbamates (subject to hydrolysis) is 1. The van der Waals surface area contributed by atoms with Gasteiger partial charge in [0.2, 0.25) is 11.8 Å². The lowest BCUT2D eigenvalue weighted by Crippen LogP contribution is -2.55. The Morgan fingerprint density at radius 2 is 1.47 bits per heavy atom. The molecule has 34 heavy (non-hydrogen) atoms. The van der Waals surface area contributed by atoms with Crippen molar-refractivity contribution in [1.82, 2.24) is 15.5 Å². The Bertz CT molecular complexity index is 812. The molecule has 3 amide bonds. The van der Waals surface area contributed by atoms with E-state index in [0.29, 0.717) is 5.92 Å². The third kappa shape index (κ3) is 9.74. The summed E-state index contributed by atoms with van der Waals surface area (Å²) in [6.45, 7) is 18.9. The van der Waals surface area contributed by atoms with Gasteiger partial charge in [0.15, 0.2) is 0 Å². The summed E-state index contributed by atoms with van der Waals surface area (Å²) in [5.41, 5.74) is 1.12. The molecule has 0 saturated heterocycles. The highest BCUT2D eigenvalue weighted by atomic mass is 16.6. The van der Waals surface area contributed by atoms with E-state index in [1.54, 1.807) is 32.6 Å². The smallest absolute Gasteiger partial charge is 0.408 e. The summed E-state index contributed by atoms with van der Waals surface area (Å²) in [7, 11) is 0. The average Bonchev–Trinajstić information content (AvgIpc) is 2.68. The van der Waals surface area contributed by atoms with Crippen molar-refractivity contribution in [2.45, 2.75) is 112 Å². The first-order valence-corrected chi connectivity index (χ1v) is 12.3. The van der Waals surface area contributed by atoms with Crippen LogP contribution < -0.4 is 10.6 Å². The lowest BCUT2D eigenvalue weighted by atomic mass is 9.96. The highest BCUT2D eigenvalue weighted by Crippen LogP contribution is 2.28. The maximum atomic E-state index is 13.8. The number of aryl methyl sites for hydroxylation is 1. The van der Waals surface area contributed by atoms with Crippen LogP contribution >= 0.6 is 0 Å². The van der Waals surface area contributed by atoms with Crippen LogP contribution in [0.5, 0.6) is 0 Å². The molecule has 0 bridgehead atoms. The van der Waals surface area contributed by atoms with Crippen LogP contribution in [0, 0.1) is 12.8 Å². The number of hydrogen-bond donors (Lipinski definition) is 2. The molecule has 7 heteroatoms.